The molecule has 224 valence electrons. The maximum absolute atomic E-state index is 13.2. The Balaban J connectivity index is 0.000000162. The minimum absolute atomic E-state index is 0.226. The van der Waals surface area contributed by atoms with Crippen LogP contribution in [0.25, 0.3) is 45.1 Å². The number of para-hydroxylation sites is 4. The Bertz CT molecular complexity index is 1850. The van der Waals surface area contributed by atoms with Crippen LogP contribution in [0.1, 0.15) is 31.2 Å². The first-order valence-electron chi connectivity index (χ1n) is 14.6. The van der Waals surface area contributed by atoms with Crippen molar-refractivity contribution in [3.63, 3.8) is 0 Å². The normalized spacial score (nSPS) is 13.6. The van der Waals surface area contributed by atoms with E-state index in [4.69, 9.17) is 19.3 Å². The summed E-state index contributed by atoms with van der Waals surface area (Å²) in [5.41, 5.74) is 11.9. The molecule has 10 heteroatoms. The molecular formula is C34H31FN4O5. The Labute approximate surface area is 252 Å². The Kier molecular flexibility index (Phi) is 8.60. The third kappa shape index (κ3) is 6.60. The van der Waals surface area contributed by atoms with Crippen LogP contribution in [0.5, 0.6) is 0 Å². The second kappa shape index (κ2) is 13.0. The van der Waals surface area contributed by atoms with Crippen LogP contribution in [0.15, 0.2) is 93.8 Å². The number of ether oxygens (including phenoxy) is 1. The molecule has 0 spiro atoms. The lowest BCUT2D eigenvalue weighted by molar-refractivity contribution is -0.387. The maximum Gasteiger partial charge on any atom is 0.305 e. The molecule has 0 bridgehead atoms. The first-order valence-corrected chi connectivity index (χ1v) is 14.6. The summed E-state index contributed by atoms with van der Waals surface area (Å²) in [5.74, 6) is 0.782. The molecule has 2 aromatic heterocycles. The molecule has 0 aliphatic carbocycles. The molecule has 0 amide bonds. The molecule has 9 nitrogen and oxygen atoms in total. The highest BCUT2D eigenvalue weighted by Gasteiger charge is 2.18. The number of nitrogens with two attached hydrogens (primary N) is 1. The Morgan fingerprint density at radius 1 is 0.841 bits per heavy atom. The van der Waals surface area contributed by atoms with Gasteiger partial charge >= 0.3 is 5.69 Å². The number of halogens is 1. The smallest absolute Gasteiger partial charge is 0.305 e. The molecule has 1 aliphatic rings. The predicted molar refractivity (Wildman–Crippen MR) is 166 cm³/mol. The Hall–Kier alpha value is -5.09. The van der Waals surface area contributed by atoms with Gasteiger partial charge < -0.3 is 19.3 Å². The van der Waals surface area contributed by atoms with Crippen LogP contribution in [0.3, 0.4) is 0 Å². The van der Waals surface area contributed by atoms with Gasteiger partial charge in [-0.1, -0.05) is 30.3 Å². The van der Waals surface area contributed by atoms with Gasteiger partial charge in [-0.25, -0.2) is 9.97 Å². The average molecular weight is 595 g/mol. The van der Waals surface area contributed by atoms with Gasteiger partial charge in [-0.05, 0) is 92.1 Å². The zero-order valence-electron chi connectivity index (χ0n) is 23.9. The Morgan fingerprint density at radius 3 is 2.02 bits per heavy atom. The summed E-state index contributed by atoms with van der Waals surface area (Å²) in [6.45, 7) is 1.85. The minimum Gasteiger partial charge on any atom is -0.436 e. The van der Waals surface area contributed by atoms with Crippen LogP contribution in [-0.2, 0) is 11.2 Å². The molecule has 1 aliphatic heterocycles. The topological polar surface area (TPSA) is 130 Å². The van der Waals surface area contributed by atoms with Gasteiger partial charge in [0.15, 0.2) is 11.2 Å². The predicted octanol–water partition coefficient (Wildman–Crippen LogP) is 8.37. The van der Waals surface area contributed by atoms with Crippen molar-refractivity contribution in [2.24, 2.45) is 5.92 Å². The van der Waals surface area contributed by atoms with Gasteiger partial charge in [-0.15, -0.1) is 0 Å². The first-order chi connectivity index (χ1) is 21.4. The fraction of sp³-hybridized carbons (Fsp3) is 0.235. The zero-order chi connectivity index (χ0) is 30.5. The third-order valence-electron chi connectivity index (χ3n) is 7.77. The highest BCUT2D eigenvalue weighted by atomic mass is 19.1. The summed E-state index contributed by atoms with van der Waals surface area (Å²) < 4.78 is 30.0. The number of aromatic nitrogens is 2. The first kappa shape index (κ1) is 29.0. The van der Waals surface area contributed by atoms with E-state index in [1.54, 1.807) is 18.2 Å². The van der Waals surface area contributed by atoms with E-state index in [1.807, 2.05) is 36.4 Å². The molecule has 0 saturated carbocycles. The number of benzene rings is 4. The van der Waals surface area contributed by atoms with E-state index in [0.717, 1.165) is 60.0 Å². The molecule has 3 heterocycles. The van der Waals surface area contributed by atoms with Crippen LogP contribution in [-0.4, -0.2) is 28.1 Å². The molecule has 1 fully saturated rings. The monoisotopic (exact) mass is 594 g/mol. The summed E-state index contributed by atoms with van der Waals surface area (Å²) in [6, 6.07) is 24.6. The molecule has 6 aromatic rings. The number of nitro benzene ring substituents is 1. The standard InChI is InChI=1S/C21H24N2O2.C13H7FN2O3/c22-18-14-17(21-23-19-6-1-2-7-20(19)25-21)9-8-16(18)5-3-4-15-10-12-24-13-11-15;14-9-6-5-8(7-11(9)16(17)18)13-15-10-3-1-2-4-12(10)19-13/h1-2,6-9,14-15H,3-5,10-13,22H2;1-7H. The van der Waals surface area contributed by atoms with Gasteiger partial charge in [-0.3, -0.25) is 10.1 Å². The fourth-order valence-electron chi connectivity index (χ4n) is 5.35. The van der Waals surface area contributed by atoms with Crippen LogP contribution >= 0.6 is 0 Å². The molecule has 0 atom stereocenters. The minimum atomic E-state index is -0.884. The SMILES string of the molecule is Nc1cc(-c2nc3ccccc3o2)ccc1CCCC1CCOCC1.O=[N+]([O-])c1cc(-c2nc3ccccc3o2)ccc1F. The number of fused-ring (bicyclic) bond motifs is 2. The van der Waals surface area contributed by atoms with Gasteiger partial charge in [0.05, 0.1) is 4.92 Å². The van der Waals surface area contributed by atoms with Crippen molar-refractivity contribution in [3.05, 3.63) is 106 Å². The van der Waals surface area contributed by atoms with Crippen molar-refractivity contribution in [2.45, 2.75) is 32.1 Å². The van der Waals surface area contributed by atoms with E-state index >= 15 is 0 Å². The Morgan fingerprint density at radius 2 is 1.43 bits per heavy atom. The molecule has 7 rings (SSSR count). The lowest BCUT2D eigenvalue weighted by Gasteiger charge is -2.21. The van der Waals surface area contributed by atoms with E-state index in [1.165, 1.54) is 37.3 Å². The van der Waals surface area contributed by atoms with Crippen molar-refractivity contribution in [3.8, 4) is 22.9 Å². The maximum atomic E-state index is 13.2. The van der Waals surface area contributed by atoms with Gasteiger partial charge in [0.2, 0.25) is 17.6 Å². The number of rotatable bonds is 7. The number of hydrogen-bond acceptors (Lipinski definition) is 8. The quantitative estimate of drug-likeness (QED) is 0.111. The van der Waals surface area contributed by atoms with Crippen molar-refractivity contribution in [2.75, 3.05) is 18.9 Å². The largest absolute Gasteiger partial charge is 0.436 e. The number of nitro groups is 1. The number of nitrogens with zero attached hydrogens (tertiary/aromatic N) is 3. The second-order valence-corrected chi connectivity index (χ2v) is 10.8. The molecular weight excluding hydrogens is 563 g/mol. The van der Waals surface area contributed by atoms with Crippen molar-refractivity contribution in [1.29, 1.82) is 0 Å². The number of anilines is 1. The molecule has 1 saturated heterocycles. The van der Waals surface area contributed by atoms with Gasteiger partial charge in [0.25, 0.3) is 0 Å². The fourth-order valence-corrected chi connectivity index (χ4v) is 5.35. The number of aryl methyl sites for hydroxylation is 1. The van der Waals surface area contributed by atoms with E-state index < -0.39 is 16.4 Å². The third-order valence-corrected chi connectivity index (χ3v) is 7.77. The number of hydrogen-bond donors (Lipinski definition) is 1. The van der Waals surface area contributed by atoms with Gasteiger partial charge in [0, 0.05) is 36.1 Å². The lowest BCUT2D eigenvalue weighted by atomic mass is 9.92. The highest BCUT2D eigenvalue weighted by Crippen LogP contribution is 2.30. The summed E-state index contributed by atoms with van der Waals surface area (Å²) in [6.07, 6.45) is 5.86. The molecule has 2 N–H and O–H groups in total. The zero-order valence-corrected chi connectivity index (χ0v) is 23.9. The molecule has 4 aromatic carbocycles. The lowest BCUT2D eigenvalue weighted by Crippen LogP contribution is -2.15. The van der Waals surface area contributed by atoms with Gasteiger partial charge in [0.1, 0.15) is 11.0 Å². The van der Waals surface area contributed by atoms with Crippen LogP contribution in [0, 0.1) is 21.8 Å². The van der Waals surface area contributed by atoms with E-state index in [-0.39, 0.29) is 5.89 Å². The van der Waals surface area contributed by atoms with E-state index in [2.05, 4.69) is 22.1 Å². The van der Waals surface area contributed by atoms with E-state index in [9.17, 15) is 14.5 Å². The summed E-state index contributed by atoms with van der Waals surface area (Å²) in [5, 5.41) is 10.7. The van der Waals surface area contributed by atoms with Crippen LogP contribution < -0.4 is 5.73 Å². The average Bonchev–Trinajstić information content (AvgIpc) is 3.68. The van der Waals surface area contributed by atoms with Crippen molar-refractivity contribution < 1.29 is 22.9 Å². The van der Waals surface area contributed by atoms with Crippen LogP contribution in [0.2, 0.25) is 0 Å². The van der Waals surface area contributed by atoms with Crippen molar-refractivity contribution >= 4 is 33.6 Å². The number of nitrogen functional groups attached to an aromatic ring is 1. The molecule has 0 radical (unpaired) electrons. The second-order valence-electron chi connectivity index (χ2n) is 10.8. The van der Waals surface area contributed by atoms with Gasteiger partial charge in [-0.2, -0.15) is 4.39 Å². The summed E-state index contributed by atoms with van der Waals surface area (Å²) in [4.78, 5) is 18.7. The number of oxazole rings is 2. The molecule has 44 heavy (non-hydrogen) atoms. The summed E-state index contributed by atoms with van der Waals surface area (Å²) >= 11 is 0. The van der Waals surface area contributed by atoms with E-state index in [0.29, 0.717) is 22.6 Å². The van der Waals surface area contributed by atoms with Crippen LogP contribution in [0.4, 0.5) is 15.8 Å². The van der Waals surface area contributed by atoms with Crippen molar-refractivity contribution in [1.82, 2.24) is 9.97 Å². The highest BCUT2D eigenvalue weighted by molar-refractivity contribution is 5.77. The molecule has 0 unspecified atom stereocenters. The summed E-state index contributed by atoms with van der Waals surface area (Å²) in [7, 11) is 0.